The number of carbonyl (C=O) groups is 1. The fraction of sp³-hybridized carbons (Fsp3) is 0.414. The highest BCUT2D eigenvalue weighted by atomic mass is 79.9. The highest BCUT2D eigenvalue weighted by Crippen LogP contribution is 2.35. The predicted octanol–water partition coefficient (Wildman–Crippen LogP) is 5.03. The summed E-state index contributed by atoms with van der Waals surface area (Å²) in [6.07, 6.45) is 6.19. The first-order chi connectivity index (χ1) is 17.8. The minimum Gasteiger partial charge on any atom is -0.469 e. The van der Waals surface area contributed by atoms with E-state index >= 15 is 0 Å². The molecule has 1 aliphatic heterocycles. The number of likely N-dealkylation sites (tertiary alicyclic amines) is 1. The van der Waals surface area contributed by atoms with Crippen molar-refractivity contribution in [3.05, 3.63) is 87.8 Å². The lowest BCUT2D eigenvalue weighted by Crippen LogP contribution is -2.43. The zero-order valence-electron chi connectivity index (χ0n) is 21.7. The summed E-state index contributed by atoms with van der Waals surface area (Å²) in [6.45, 7) is 8.41. The molecule has 7 nitrogen and oxygen atoms in total. The Hall–Kier alpha value is -2.97. The van der Waals surface area contributed by atoms with Crippen LogP contribution in [0.4, 0.5) is 0 Å². The van der Waals surface area contributed by atoms with Gasteiger partial charge in [0.15, 0.2) is 0 Å². The van der Waals surface area contributed by atoms with Crippen LogP contribution in [0.25, 0.3) is 0 Å². The predicted molar refractivity (Wildman–Crippen MR) is 146 cm³/mol. The summed E-state index contributed by atoms with van der Waals surface area (Å²) in [6, 6.07) is 16.2. The molecule has 0 spiro atoms. The lowest BCUT2D eigenvalue weighted by atomic mass is 9.86. The van der Waals surface area contributed by atoms with Gasteiger partial charge in [0.25, 0.3) is 5.91 Å². The van der Waals surface area contributed by atoms with Crippen molar-refractivity contribution in [2.45, 2.75) is 52.2 Å². The van der Waals surface area contributed by atoms with Gasteiger partial charge in [0.2, 0.25) is 17.8 Å². The number of nitrogens with one attached hydrogen (secondary N) is 1. The minimum atomic E-state index is -0.145. The van der Waals surface area contributed by atoms with Gasteiger partial charge in [0, 0.05) is 53.0 Å². The molecule has 3 aromatic rings. The number of benzene rings is 1. The first kappa shape index (κ1) is 27.1. The molecule has 1 aromatic carbocycles. The van der Waals surface area contributed by atoms with Crippen LogP contribution >= 0.6 is 15.9 Å². The number of halogens is 1. The molecule has 8 heteroatoms. The van der Waals surface area contributed by atoms with Gasteiger partial charge >= 0.3 is 0 Å². The van der Waals surface area contributed by atoms with Crippen molar-refractivity contribution in [3.8, 4) is 5.88 Å². The van der Waals surface area contributed by atoms with Crippen LogP contribution in [-0.2, 0) is 0 Å². The van der Waals surface area contributed by atoms with E-state index in [4.69, 9.17) is 4.74 Å². The van der Waals surface area contributed by atoms with E-state index in [1.54, 1.807) is 25.4 Å². The SMILES string of the molecule is Cc1cc[n+](O)c(C)c1C(=O)NCCC(C)N1CCC(C(Oc2ccccn2)c2ccc(Br)cc2)CC1. The van der Waals surface area contributed by atoms with E-state index in [0.717, 1.165) is 47.1 Å². The molecule has 4 rings (SSSR count). The van der Waals surface area contributed by atoms with Gasteiger partial charge in [-0.25, -0.2) is 4.98 Å². The van der Waals surface area contributed by atoms with Crippen LogP contribution in [0.15, 0.2) is 65.4 Å². The molecule has 0 bridgehead atoms. The molecule has 1 aliphatic rings. The number of aryl methyl sites for hydroxylation is 1. The van der Waals surface area contributed by atoms with E-state index in [9.17, 15) is 10.0 Å². The Balaban J connectivity index is 1.32. The largest absolute Gasteiger partial charge is 0.469 e. The number of pyridine rings is 2. The van der Waals surface area contributed by atoms with Crippen molar-refractivity contribution in [1.82, 2.24) is 15.2 Å². The van der Waals surface area contributed by atoms with Crippen LogP contribution in [0.5, 0.6) is 5.88 Å². The average molecular weight is 569 g/mol. The summed E-state index contributed by atoms with van der Waals surface area (Å²) >= 11 is 3.54. The van der Waals surface area contributed by atoms with Crippen LogP contribution in [0, 0.1) is 19.8 Å². The van der Waals surface area contributed by atoms with Crippen LogP contribution in [-0.4, -0.2) is 46.7 Å². The Morgan fingerprint density at radius 2 is 1.92 bits per heavy atom. The van der Waals surface area contributed by atoms with Gasteiger partial charge in [0.05, 0.1) is 0 Å². The molecule has 2 N–H and O–H groups in total. The third-order valence-electron chi connectivity index (χ3n) is 7.35. The fourth-order valence-corrected chi connectivity index (χ4v) is 5.35. The van der Waals surface area contributed by atoms with Gasteiger partial charge in [-0.3, -0.25) is 10.0 Å². The van der Waals surface area contributed by atoms with Gasteiger partial charge in [-0.1, -0.05) is 34.1 Å². The second kappa shape index (κ2) is 12.5. The summed E-state index contributed by atoms with van der Waals surface area (Å²) < 4.78 is 8.47. The van der Waals surface area contributed by atoms with Gasteiger partial charge in [-0.2, -0.15) is 0 Å². The topological polar surface area (TPSA) is 78.6 Å². The number of nitrogens with zero attached hydrogens (tertiary/aromatic N) is 3. The third kappa shape index (κ3) is 6.87. The molecule has 1 fully saturated rings. The number of hydrogen-bond acceptors (Lipinski definition) is 5. The maximum absolute atomic E-state index is 12.7. The van der Waals surface area contributed by atoms with Gasteiger partial charge in [0.1, 0.15) is 11.7 Å². The number of aromatic nitrogens is 2. The van der Waals surface area contributed by atoms with Crippen molar-refractivity contribution in [1.29, 1.82) is 0 Å². The molecular formula is C29H36BrN4O3+. The normalized spacial score (nSPS) is 16.2. The van der Waals surface area contributed by atoms with Crippen molar-refractivity contribution >= 4 is 21.8 Å². The molecule has 37 heavy (non-hydrogen) atoms. The van der Waals surface area contributed by atoms with E-state index in [1.807, 2.05) is 25.1 Å². The number of hydrogen-bond donors (Lipinski definition) is 2. The second-order valence-electron chi connectivity index (χ2n) is 9.83. The standard InChI is InChI=1S/C29H35BrN4O3/c1-20-12-19-34(36)22(3)27(20)29(35)32-16-11-21(2)33-17-13-24(14-18-33)28(23-7-9-25(30)10-8-23)37-26-6-4-5-15-31-26/h4-10,12,15,19,21,24,28H,11,13-14,16-18H2,1-3H3,(H-,32,35,36)/p+1. The van der Waals surface area contributed by atoms with E-state index in [-0.39, 0.29) is 12.0 Å². The molecule has 0 radical (unpaired) electrons. The smallest absolute Gasteiger partial charge is 0.258 e. The van der Waals surface area contributed by atoms with Crippen molar-refractivity contribution in [2.24, 2.45) is 5.92 Å². The molecule has 2 aromatic heterocycles. The molecule has 0 saturated carbocycles. The highest BCUT2D eigenvalue weighted by Gasteiger charge is 2.31. The third-order valence-corrected chi connectivity index (χ3v) is 7.88. The Morgan fingerprint density at radius 1 is 1.19 bits per heavy atom. The molecule has 1 saturated heterocycles. The number of amides is 1. The molecule has 2 atom stereocenters. The van der Waals surface area contributed by atoms with Crippen molar-refractivity contribution < 1.29 is 19.5 Å². The second-order valence-corrected chi connectivity index (χ2v) is 10.7. The number of carbonyl (C=O) groups excluding carboxylic acids is 1. The Labute approximate surface area is 227 Å². The maximum Gasteiger partial charge on any atom is 0.258 e. The summed E-state index contributed by atoms with van der Waals surface area (Å²) in [5.74, 6) is 0.895. The lowest BCUT2D eigenvalue weighted by Gasteiger charge is -2.39. The first-order valence-electron chi connectivity index (χ1n) is 12.9. The fourth-order valence-electron chi connectivity index (χ4n) is 5.09. The summed E-state index contributed by atoms with van der Waals surface area (Å²) in [7, 11) is 0. The van der Waals surface area contributed by atoms with Gasteiger partial charge in [-0.15, -0.1) is 0 Å². The maximum atomic E-state index is 12.7. The lowest BCUT2D eigenvalue weighted by molar-refractivity contribution is -0.908. The average Bonchev–Trinajstić information content (AvgIpc) is 2.91. The highest BCUT2D eigenvalue weighted by molar-refractivity contribution is 9.10. The number of piperidine rings is 1. The number of rotatable bonds is 9. The number of ether oxygens (including phenoxy) is 1. The van der Waals surface area contributed by atoms with Crippen LogP contribution < -0.4 is 14.8 Å². The van der Waals surface area contributed by atoms with Gasteiger partial charge in [-0.05, 0) is 75.5 Å². The van der Waals surface area contributed by atoms with Crippen LogP contribution in [0.3, 0.4) is 0 Å². The quantitative estimate of drug-likeness (QED) is 0.280. The molecular weight excluding hydrogens is 532 g/mol. The summed E-state index contributed by atoms with van der Waals surface area (Å²) in [4.78, 5) is 19.6. The minimum absolute atomic E-state index is 0.0496. The molecule has 1 amide bonds. The van der Waals surface area contributed by atoms with Crippen molar-refractivity contribution in [3.63, 3.8) is 0 Å². The Kier molecular flexibility index (Phi) is 9.16. The molecule has 196 valence electrons. The van der Waals surface area contributed by atoms with E-state index in [1.165, 1.54) is 5.56 Å². The van der Waals surface area contributed by atoms with Crippen LogP contribution in [0.1, 0.15) is 59.5 Å². The first-order valence-corrected chi connectivity index (χ1v) is 13.7. The van der Waals surface area contributed by atoms with E-state index < -0.39 is 0 Å². The molecule has 3 heterocycles. The Bertz CT molecular complexity index is 1180. The van der Waals surface area contributed by atoms with Crippen molar-refractivity contribution in [2.75, 3.05) is 19.6 Å². The van der Waals surface area contributed by atoms with E-state index in [0.29, 0.717) is 35.6 Å². The molecule has 0 aliphatic carbocycles. The van der Waals surface area contributed by atoms with Gasteiger partial charge < -0.3 is 15.0 Å². The van der Waals surface area contributed by atoms with Crippen LogP contribution in [0.2, 0.25) is 0 Å². The zero-order valence-corrected chi connectivity index (χ0v) is 23.3. The Morgan fingerprint density at radius 3 is 2.59 bits per heavy atom. The monoisotopic (exact) mass is 567 g/mol. The summed E-state index contributed by atoms with van der Waals surface area (Å²) in [5, 5.41) is 12.9. The summed E-state index contributed by atoms with van der Waals surface area (Å²) in [5.41, 5.74) is 3.09. The zero-order chi connectivity index (χ0) is 26.4. The molecule has 2 unspecified atom stereocenters. The van der Waals surface area contributed by atoms with E-state index in [2.05, 4.69) is 62.3 Å².